The van der Waals surface area contributed by atoms with Gasteiger partial charge in [-0.25, -0.2) is 0 Å². The molecule has 1 N–H and O–H groups in total. The average Bonchev–Trinajstić information content (AvgIpc) is 3.89. The van der Waals surface area contributed by atoms with Crippen LogP contribution in [0.25, 0.3) is 0 Å². The van der Waals surface area contributed by atoms with Crippen LogP contribution in [-0.2, 0) is 23.2 Å². The maximum Gasteiger partial charge on any atom is 0.269 e. The number of para-hydroxylation sites is 2. The van der Waals surface area contributed by atoms with Gasteiger partial charge in [0.05, 0.1) is 59.7 Å². The van der Waals surface area contributed by atoms with Gasteiger partial charge in [-0.05, 0) is 64.7 Å². The number of aliphatic hydroxyl groups excluding tert-OH is 1. The Bertz CT molecular complexity index is 2700. The van der Waals surface area contributed by atoms with Crippen molar-refractivity contribution < 1.29 is 62.6 Å². The number of nitro groups is 2. The number of aliphatic hydroxyl groups is 1. The number of hydrogen-bond donors (Lipinski definition) is 1. The number of anilines is 2. The number of piperidine rings is 2. The standard InChI is InChI=1S/C52H54N6O6.2BrH/c59-24-19-35-31-57(29-33-10-14-38(15-11-33)55(60)61)22-18-40-46(57)26-41(35)43-28-53-45-9-5-4-8-44(45)52-21-23-58(30-34-12-16-39(17-13-34)56(62)63)32-36-20-25-64-51(48(50(52)53)42(36)27-47(52)58)54(49(40)43)37-6-2-1-3-7-37;;/h1-17,19-20,28,40-42,46-51,59H,18,21-27,29-32H2;2*1H/q+2;;/p-2/b35-19-,43-28-;;/t40?,41-,42-,46-,47-,48+,49+,50-,51+,52+,57?,58?;;/m0../s1. The fraction of sp³-hybridized carbons (Fsp3) is 0.423. The summed E-state index contributed by atoms with van der Waals surface area (Å²) in [5.74, 6) is 1.02. The van der Waals surface area contributed by atoms with Crippen LogP contribution in [0.5, 0.6) is 0 Å². The van der Waals surface area contributed by atoms with E-state index in [1.165, 1.54) is 33.7 Å². The molecule has 66 heavy (non-hydrogen) atoms. The molecule has 342 valence electrons. The average molecular weight is 1020 g/mol. The summed E-state index contributed by atoms with van der Waals surface area (Å²) in [6, 6.07) is 35.9. The van der Waals surface area contributed by atoms with Crippen LogP contribution in [0.1, 0.15) is 42.4 Å². The van der Waals surface area contributed by atoms with Gasteiger partial charge in [-0.1, -0.05) is 48.6 Å². The Morgan fingerprint density at radius 2 is 1.50 bits per heavy atom. The van der Waals surface area contributed by atoms with Crippen LogP contribution >= 0.6 is 0 Å². The Morgan fingerprint density at radius 3 is 2.20 bits per heavy atom. The monoisotopic (exact) mass is 1020 g/mol. The van der Waals surface area contributed by atoms with Gasteiger partial charge >= 0.3 is 0 Å². The van der Waals surface area contributed by atoms with Gasteiger partial charge in [0.25, 0.3) is 11.4 Å². The zero-order valence-corrected chi connectivity index (χ0v) is 39.8. The number of ether oxygens (including phenoxy) is 1. The lowest BCUT2D eigenvalue weighted by molar-refractivity contribution is -0.955. The highest BCUT2D eigenvalue weighted by Crippen LogP contribution is 2.68. The summed E-state index contributed by atoms with van der Waals surface area (Å²) in [5, 5.41) is 34.1. The molecular weight excluding hydrogens is 964 g/mol. The van der Waals surface area contributed by atoms with Crippen LogP contribution in [0.4, 0.5) is 22.7 Å². The van der Waals surface area contributed by atoms with Crippen LogP contribution in [0.2, 0.25) is 0 Å². The Labute approximate surface area is 405 Å². The molecule has 0 amide bonds. The van der Waals surface area contributed by atoms with Crippen molar-refractivity contribution in [3.05, 3.63) is 175 Å². The number of hydrogen-bond acceptors (Lipinski definition) is 8. The van der Waals surface area contributed by atoms with Crippen molar-refractivity contribution in [2.75, 3.05) is 49.2 Å². The third-order valence-electron chi connectivity index (χ3n) is 18.2. The number of quaternary nitrogens is 2. The number of benzene rings is 4. The zero-order chi connectivity index (χ0) is 43.1. The molecule has 12 atom stereocenters. The highest BCUT2D eigenvalue weighted by atomic mass is 79.9. The largest absolute Gasteiger partial charge is 1.00 e. The van der Waals surface area contributed by atoms with Crippen molar-refractivity contribution in [2.45, 2.75) is 74.6 Å². The summed E-state index contributed by atoms with van der Waals surface area (Å²) in [6.45, 7) is 6.05. The first-order chi connectivity index (χ1) is 31.2. The van der Waals surface area contributed by atoms with E-state index >= 15 is 0 Å². The van der Waals surface area contributed by atoms with Gasteiger partial charge in [0.1, 0.15) is 38.4 Å². The van der Waals surface area contributed by atoms with Gasteiger partial charge in [-0.2, -0.15) is 0 Å². The molecule has 13 rings (SSSR count). The van der Waals surface area contributed by atoms with Crippen LogP contribution < -0.4 is 43.8 Å². The van der Waals surface area contributed by atoms with Crippen LogP contribution in [0.3, 0.4) is 0 Å². The SMILES string of the molecule is O=[N+]([O-])c1ccc(C[N+]23CCC4[C@@H]5/C(=C\N6c7ccccc7[C@@]78CC[N+]9(Cc%10ccc([N+](=O)[O-])cc%10)CC%10=CCO[C@H]([C@@H]([C@H]67)[C@H]%10C[C@@H]89)N5c5ccccc5)[C@@H](C[C@@H]42)/C(=C\CO)C3)cc1.[Br-].[Br-]. The first-order valence-corrected chi connectivity index (χ1v) is 23.4. The minimum Gasteiger partial charge on any atom is -1.00 e. The number of nitro benzene ring substituents is 2. The summed E-state index contributed by atoms with van der Waals surface area (Å²) in [4.78, 5) is 28.2. The third kappa shape index (κ3) is 6.06. The molecule has 4 aromatic carbocycles. The number of halogens is 2. The van der Waals surface area contributed by atoms with Crippen molar-refractivity contribution in [3.63, 3.8) is 0 Å². The van der Waals surface area contributed by atoms with E-state index in [9.17, 15) is 25.3 Å². The quantitative estimate of drug-likeness (QED) is 0.123. The smallest absolute Gasteiger partial charge is 0.269 e. The molecule has 4 bridgehead atoms. The Hall–Kier alpha value is -4.70. The Morgan fingerprint density at radius 1 is 0.818 bits per heavy atom. The fourth-order valence-electron chi connectivity index (χ4n) is 16.1. The summed E-state index contributed by atoms with van der Waals surface area (Å²) in [7, 11) is 0. The second kappa shape index (κ2) is 16.0. The van der Waals surface area contributed by atoms with Crippen LogP contribution in [0.15, 0.2) is 138 Å². The van der Waals surface area contributed by atoms with E-state index < -0.39 is 0 Å². The second-order valence-corrected chi connectivity index (χ2v) is 20.5. The second-order valence-electron chi connectivity index (χ2n) is 20.5. The fourth-order valence-corrected chi connectivity index (χ4v) is 16.1. The molecule has 4 aromatic rings. The minimum atomic E-state index is -0.319. The topological polar surface area (TPSA) is 122 Å². The van der Waals surface area contributed by atoms with E-state index in [0.29, 0.717) is 30.5 Å². The zero-order valence-electron chi connectivity index (χ0n) is 36.7. The minimum absolute atomic E-state index is 0. The molecule has 3 unspecified atom stereocenters. The number of fused-ring (bicyclic) bond motifs is 6. The van der Waals surface area contributed by atoms with Gasteiger partial charge in [0.15, 0.2) is 0 Å². The van der Waals surface area contributed by atoms with Gasteiger partial charge in [-0.3, -0.25) is 20.2 Å². The van der Waals surface area contributed by atoms with Crippen molar-refractivity contribution in [1.29, 1.82) is 0 Å². The number of rotatable bonds is 8. The highest BCUT2D eigenvalue weighted by Gasteiger charge is 2.75. The molecule has 2 aliphatic carbocycles. The van der Waals surface area contributed by atoms with E-state index in [4.69, 9.17) is 4.74 Å². The highest BCUT2D eigenvalue weighted by molar-refractivity contribution is 5.70. The van der Waals surface area contributed by atoms with E-state index in [2.05, 4.69) is 82.7 Å². The lowest BCUT2D eigenvalue weighted by atomic mass is 9.54. The number of nitrogens with zero attached hydrogens (tertiary/aromatic N) is 6. The van der Waals surface area contributed by atoms with Crippen molar-refractivity contribution in [1.82, 2.24) is 0 Å². The van der Waals surface area contributed by atoms with Crippen molar-refractivity contribution in [3.8, 4) is 0 Å². The lowest BCUT2D eigenvalue weighted by Crippen LogP contribution is -3.00. The summed E-state index contributed by atoms with van der Waals surface area (Å²) >= 11 is 0. The molecule has 7 aliphatic heterocycles. The van der Waals surface area contributed by atoms with Gasteiger partial charge in [0.2, 0.25) is 0 Å². The molecule has 9 aliphatic rings. The molecule has 0 radical (unpaired) electrons. The maximum absolute atomic E-state index is 11.7. The molecule has 14 heteroatoms. The molecular formula is C52H54Br2N6O6. The number of non-ortho nitro benzene ring substituents is 2. The summed E-state index contributed by atoms with van der Waals surface area (Å²) < 4.78 is 9.38. The third-order valence-corrected chi connectivity index (χ3v) is 18.2. The molecule has 1 spiro atoms. The predicted octanol–water partition coefficient (Wildman–Crippen LogP) is 1.79. The normalized spacial score (nSPS) is 37.1. The van der Waals surface area contributed by atoms with Crippen LogP contribution in [0, 0.1) is 43.9 Å². The van der Waals surface area contributed by atoms with E-state index in [-0.39, 0.29) is 97.4 Å². The van der Waals surface area contributed by atoms with Gasteiger partial charge in [-0.15, -0.1) is 0 Å². The van der Waals surface area contributed by atoms with E-state index in [0.717, 1.165) is 85.0 Å². The van der Waals surface area contributed by atoms with E-state index in [1.54, 1.807) is 24.3 Å². The predicted molar refractivity (Wildman–Crippen MR) is 242 cm³/mol. The molecule has 12 nitrogen and oxygen atoms in total. The maximum atomic E-state index is 11.7. The van der Waals surface area contributed by atoms with Crippen molar-refractivity contribution in [2.24, 2.45) is 23.7 Å². The van der Waals surface area contributed by atoms with Crippen LogP contribution in [-0.4, -0.2) is 93.7 Å². The van der Waals surface area contributed by atoms with E-state index in [1.807, 2.05) is 24.3 Å². The summed E-state index contributed by atoms with van der Waals surface area (Å²) in [6.07, 6.45) is 11.2. The molecule has 6 fully saturated rings. The molecule has 2 saturated carbocycles. The molecule has 7 heterocycles. The Kier molecular flexibility index (Phi) is 10.6. The lowest BCUT2D eigenvalue weighted by Gasteiger charge is -2.62. The molecule has 4 saturated heterocycles. The Balaban J connectivity index is 0.00000241. The van der Waals surface area contributed by atoms with Crippen molar-refractivity contribution >= 4 is 22.7 Å². The molecule has 0 aromatic heterocycles. The first-order valence-electron chi connectivity index (χ1n) is 23.4. The van der Waals surface area contributed by atoms with Gasteiger partial charge < -0.3 is 62.6 Å². The summed E-state index contributed by atoms with van der Waals surface area (Å²) in [5.41, 5.74) is 10.6. The first kappa shape index (κ1) is 43.8. The van der Waals surface area contributed by atoms with Gasteiger partial charge in [0, 0.05) is 102 Å².